The van der Waals surface area contributed by atoms with Crippen LogP contribution in [0.4, 0.5) is 14.4 Å². The van der Waals surface area contributed by atoms with Crippen LogP contribution >= 0.6 is 0 Å². The number of ether oxygens (including phenoxy) is 1. The fourth-order valence-corrected chi connectivity index (χ4v) is 4.50. The second-order valence-electron chi connectivity index (χ2n) is 8.03. The Kier molecular flexibility index (Phi) is 5.98. The van der Waals surface area contributed by atoms with Crippen LogP contribution in [0.15, 0.2) is 46.6 Å². The SMILES string of the molecule is CCOC(=O)C1CCN(c2c3ccccc3c(/C=C3/N=C(C)C=C3C)n2B(F)F)CC1. The number of hydrogen-bond donors (Lipinski definition) is 0. The molecule has 1 aromatic heterocycles. The zero-order chi connectivity index (χ0) is 22.1. The van der Waals surface area contributed by atoms with Gasteiger partial charge in [-0.15, -0.1) is 0 Å². The van der Waals surface area contributed by atoms with E-state index in [2.05, 4.69) is 4.99 Å². The van der Waals surface area contributed by atoms with Crippen molar-refractivity contribution < 1.29 is 18.2 Å². The average Bonchev–Trinajstić information content (AvgIpc) is 3.25. The molecule has 2 aliphatic heterocycles. The van der Waals surface area contributed by atoms with Crippen LogP contribution in [0.2, 0.25) is 0 Å². The Bertz CT molecular complexity index is 1100. The number of esters is 1. The predicted molar refractivity (Wildman–Crippen MR) is 122 cm³/mol. The van der Waals surface area contributed by atoms with Crippen molar-refractivity contribution in [2.45, 2.75) is 33.6 Å². The minimum absolute atomic E-state index is 0.178. The molecular weight excluding hydrogens is 399 g/mol. The molecule has 3 heterocycles. The first-order valence-electron chi connectivity index (χ1n) is 10.7. The summed E-state index contributed by atoms with van der Waals surface area (Å²) in [5.74, 6) is 0.126. The Morgan fingerprint density at radius 2 is 1.90 bits per heavy atom. The summed E-state index contributed by atoms with van der Waals surface area (Å²) in [4.78, 5) is 18.6. The molecular formula is C23H26BF2N3O2. The van der Waals surface area contributed by atoms with Gasteiger partial charge < -0.3 is 14.1 Å². The molecule has 31 heavy (non-hydrogen) atoms. The van der Waals surface area contributed by atoms with E-state index in [1.165, 1.54) is 0 Å². The Balaban J connectivity index is 1.77. The second kappa shape index (κ2) is 8.69. The number of rotatable bonds is 5. The lowest BCUT2D eigenvalue weighted by Gasteiger charge is -2.33. The third-order valence-electron chi connectivity index (χ3n) is 5.94. The maximum Gasteiger partial charge on any atom is 0.679 e. The van der Waals surface area contributed by atoms with Crippen LogP contribution in [0.5, 0.6) is 0 Å². The van der Waals surface area contributed by atoms with Gasteiger partial charge in [-0.25, -0.2) is 0 Å². The number of halogens is 2. The van der Waals surface area contributed by atoms with E-state index < -0.39 is 7.40 Å². The molecule has 0 amide bonds. The van der Waals surface area contributed by atoms with Crippen molar-refractivity contribution in [3.63, 3.8) is 0 Å². The largest absolute Gasteiger partial charge is 0.679 e. The quantitative estimate of drug-likeness (QED) is 0.503. The van der Waals surface area contributed by atoms with Crippen molar-refractivity contribution in [1.29, 1.82) is 0 Å². The van der Waals surface area contributed by atoms with E-state index in [1.54, 1.807) is 13.0 Å². The van der Waals surface area contributed by atoms with Gasteiger partial charge in [0, 0.05) is 35.3 Å². The lowest BCUT2D eigenvalue weighted by molar-refractivity contribution is -0.148. The van der Waals surface area contributed by atoms with Crippen molar-refractivity contribution >= 4 is 41.7 Å². The molecule has 5 nitrogen and oxygen atoms in total. The van der Waals surface area contributed by atoms with Crippen molar-refractivity contribution in [3.8, 4) is 0 Å². The normalized spacial score (nSPS) is 18.5. The van der Waals surface area contributed by atoms with E-state index in [0.717, 1.165) is 26.5 Å². The van der Waals surface area contributed by atoms with Crippen LogP contribution in [-0.4, -0.2) is 43.3 Å². The van der Waals surface area contributed by atoms with Crippen molar-refractivity contribution in [1.82, 2.24) is 4.48 Å². The molecule has 4 rings (SSSR count). The number of carbonyl (C=O) groups is 1. The molecule has 0 aliphatic carbocycles. The van der Waals surface area contributed by atoms with Gasteiger partial charge in [0.15, 0.2) is 0 Å². The minimum atomic E-state index is -2.70. The van der Waals surface area contributed by atoms with Crippen molar-refractivity contribution in [3.05, 3.63) is 47.3 Å². The number of hydrogen-bond acceptors (Lipinski definition) is 4. The third-order valence-corrected chi connectivity index (χ3v) is 5.94. The predicted octanol–water partition coefficient (Wildman–Crippen LogP) is 4.95. The van der Waals surface area contributed by atoms with Crippen LogP contribution in [0.25, 0.3) is 16.8 Å². The van der Waals surface area contributed by atoms with Gasteiger partial charge in [0.25, 0.3) is 0 Å². The van der Waals surface area contributed by atoms with E-state index in [0.29, 0.717) is 49.7 Å². The van der Waals surface area contributed by atoms with Gasteiger partial charge in [-0.1, -0.05) is 24.3 Å². The molecule has 0 saturated carbocycles. The summed E-state index contributed by atoms with van der Waals surface area (Å²) in [5, 5.41) is 1.55. The van der Waals surface area contributed by atoms with Crippen LogP contribution in [0.3, 0.4) is 0 Å². The molecule has 1 fully saturated rings. The average molecular weight is 425 g/mol. The maximum absolute atomic E-state index is 14.4. The van der Waals surface area contributed by atoms with Gasteiger partial charge >= 0.3 is 13.4 Å². The van der Waals surface area contributed by atoms with Crippen LogP contribution in [-0.2, 0) is 9.53 Å². The van der Waals surface area contributed by atoms with E-state index in [1.807, 2.05) is 49.1 Å². The molecule has 2 aliphatic rings. The molecule has 0 unspecified atom stereocenters. The summed E-state index contributed by atoms with van der Waals surface area (Å²) in [6.07, 6.45) is 4.88. The summed E-state index contributed by atoms with van der Waals surface area (Å²) in [7, 11) is -2.70. The number of benzene rings is 1. The first kappa shape index (κ1) is 21.3. The number of anilines is 1. The summed E-state index contributed by atoms with van der Waals surface area (Å²) in [5.41, 5.74) is 2.98. The fraction of sp³-hybridized carbons (Fsp3) is 0.391. The van der Waals surface area contributed by atoms with E-state index in [-0.39, 0.29) is 11.9 Å². The fourth-order valence-electron chi connectivity index (χ4n) is 4.50. The van der Waals surface area contributed by atoms with Gasteiger partial charge in [0.2, 0.25) is 0 Å². The maximum atomic E-state index is 14.4. The Morgan fingerprint density at radius 3 is 2.48 bits per heavy atom. The summed E-state index contributed by atoms with van der Waals surface area (Å²) in [6.45, 7) is 7.02. The highest BCUT2D eigenvalue weighted by Gasteiger charge is 2.33. The third kappa shape index (κ3) is 4.03. The molecule has 0 atom stereocenters. The number of piperidine rings is 1. The Labute approximate surface area is 181 Å². The van der Waals surface area contributed by atoms with Gasteiger partial charge in [-0.05, 0) is 51.3 Å². The molecule has 0 N–H and O–H groups in total. The topological polar surface area (TPSA) is 46.8 Å². The molecule has 8 heteroatoms. The first-order chi connectivity index (χ1) is 14.9. The van der Waals surface area contributed by atoms with Gasteiger partial charge in [-0.2, -0.15) is 0 Å². The summed E-state index contributed by atoms with van der Waals surface area (Å²) in [6, 6.07) is 7.49. The summed E-state index contributed by atoms with van der Waals surface area (Å²) >= 11 is 0. The minimum Gasteiger partial charge on any atom is -0.466 e. The number of allylic oxidation sites excluding steroid dienone is 2. The summed E-state index contributed by atoms with van der Waals surface area (Å²) < 4.78 is 35.1. The van der Waals surface area contributed by atoms with Gasteiger partial charge in [0.05, 0.1) is 18.2 Å². The van der Waals surface area contributed by atoms with Crippen molar-refractivity contribution in [2.75, 3.05) is 24.6 Å². The van der Waals surface area contributed by atoms with E-state index >= 15 is 0 Å². The van der Waals surface area contributed by atoms with Crippen LogP contribution in [0, 0.1) is 5.92 Å². The highest BCUT2D eigenvalue weighted by Crippen LogP contribution is 2.38. The Hall–Kier alpha value is -2.90. The van der Waals surface area contributed by atoms with Crippen LogP contribution < -0.4 is 4.90 Å². The van der Waals surface area contributed by atoms with E-state index in [4.69, 9.17) is 4.74 Å². The van der Waals surface area contributed by atoms with E-state index in [9.17, 15) is 13.4 Å². The van der Waals surface area contributed by atoms with Crippen LogP contribution in [0.1, 0.15) is 39.3 Å². The lowest BCUT2D eigenvalue weighted by Crippen LogP contribution is -2.39. The molecule has 1 saturated heterocycles. The molecule has 162 valence electrons. The molecule has 0 bridgehead atoms. The molecule has 2 aromatic rings. The standard InChI is InChI=1S/C23H26BF2N3O2/c1-4-31-23(30)17-9-11-28(12-10-17)22-19-8-6-5-7-18(19)21(29(22)24(25)26)14-20-15(2)13-16(3)27-20/h5-8,13-14,17H,4,9-12H2,1-3H3/b20-14+. The smallest absolute Gasteiger partial charge is 0.466 e. The lowest BCUT2D eigenvalue weighted by atomic mass is 9.96. The number of carbonyl (C=O) groups excluding carboxylic acids is 1. The number of fused-ring (bicyclic) bond motifs is 1. The Morgan fingerprint density at radius 1 is 1.23 bits per heavy atom. The first-order valence-corrected chi connectivity index (χ1v) is 10.7. The van der Waals surface area contributed by atoms with Gasteiger partial charge in [-0.3, -0.25) is 18.4 Å². The number of aliphatic imine (C=N–C) groups is 1. The zero-order valence-electron chi connectivity index (χ0n) is 18.1. The van der Waals surface area contributed by atoms with Crippen molar-refractivity contribution in [2.24, 2.45) is 10.9 Å². The zero-order valence-corrected chi connectivity index (χ0v) is 18.1. The molecule has 1 aromatic carbocycles. The highest BCUT2D eigenvalue weighted by atomic mass is 19.2. The second-order valence-corrected chi connectivity index (χ2v) is 8.03. The number of nitrogens with zero attached hydrogens (tertiary/aromatic N) is 3. The monoisotopic (exact) mass is 425 g/mol. The van der Waals surface area contributed by atoms with Gasteiger partial charge in [0.1, 0.15) is 5.82 Å². The molecule has 0 spiro atoms. The number of aromatic nitrogens is 1. The molecule has 0 radical (unpaired) electrons. The highest BCUT2D eigenvalue weighted by molar-refractivity contribution is 6.43.